The zero-order chi connectivity index (χ0) is 16.9. The quantitative estimate of drug-likeness (QED) is 0.855. The number of aromatic nitrogens is 1. The number of carbonyl (C=O) groups is 2. The van der Waals surface area contributed by atoms with E-state index >= 15 is 0 Å². The lowest BCUT2D eigenvalue weighted by Gasteiger charge is -2.08. The van der Waals surface area contributed by atoms with Gasteiger partial charge in [-0.2, -0.15) is 0 Å². The van der Waals surface area contributed by atoms with E-state index in [1.165, 1.54) is 12.3 Å². The van der Waals surface area contributed by atoms with Crippen molar-refractivity contribution in [2.45, 2.75) is 25.8 Å². The molecule has 1 aliphatic rings. The van der Waals surface area contributed by atoms with E-state index in [-0.39, 0.29) is 23.6 Å². The number of ether oxygens (including phenoxy) is 1. The number of hydrogen-bond donors (Lipinski definition) is 2. The van der Waals surface area contributed by atoms with Gasteiger partial charge < -0.3 is 15.4 Å². The summed E-state index contributed by atoms with van der Waals surface area (Å²) in [6, 6.07) is 10.5. The zero-order valence-corrected chi connectivity index (χ0v) is 13.4. The third kappa shape index (κ3) is 4.10. The summed E-state index contributed by atoms with van der Waals surface area (Å²) in [6.45, 7) is 2.50. The van der Waals surface area contributed by atoms with Crippen LogP contribution in [0, 0.1) is 0 Å². The number of rotatable bonds is 6. The van der Waals surface area contributed by atoms with Crippen molar-refractivity contribution in [3.63, 3.8) is 0 Å². The molecule has 0 saturated heterocycles. The van der Waals surface area contributed by atoms with Gasteiger partial charge in [0.2, 0.25) is 0 Å². The molecule has 1 saturated carbocycles. The molecule has 0 radical (unpaired) electrons. The van der Waals surface area contributed by atoms with Gasteiger partial charge in [0, 0.05) is 23.5 Å². The van der Waals surface area contributed by atoms with Gasteiger partial charge in [-0.3, -0.25) is 14.6 Å². The first-order valence-electron chi connectivity index (χ1n) is 7.97. The number of amides is 2. The molecular weight excluding hydrogens is 306 g/mol. The summed E-state index contributed by atoms with van der Waals surface area (Å²) in [5, 5.41) is 5.65. The van der Waals surface area contributed by atoms with Gasteiger partial charge in [-0.15, -0.1) is 0 Å². The normalized spacial score (nSPS) is 13.2. The van der Waals surface area contributed by atoms with Crippen LogP contribution in [0.25, 0.3) is 0 Å². The molecule has 124 valence electrons. The van der Waals surface area contributed by atoms with Crippen molar-refractivity contribution >= 4 is 17.5 Å². The van der Waals surface area contributed by atoms with Crippen LogP contribution in [0.3, 0.4) is 0 Å². The van der Waals surface area contributed by atoms with E-state index in [0.29, 0.717) is 17.9 Å². The molecule has 6 heteroatoms. The van der Waals surface area contributed by atoms with Crippen molar-refractivity contribution in [2.75, 3.05) is 11.9 Å². The molecule has 0 atom stereocenters. The third-order valence-corrected chi connectivity index (χ3v) is 3.59. The van der Waals surface area contributed by atoms with E-state index in [0.717, 1.165) is 18.6 Å². The summed E-state index contributed by atoms with van der Waals surface area (Å²) in [4.78, 5) is 28.4. The molecule has 0 unspecified atom stereocenters. The van der Waals surface area contributed by atoms with Crippen molar-refractivity contribution in [3.8, 4) is 5.75 Å². The SMILES string of the molecule is CCOc1ccc(NC(=O)c2ccnc(C(=O)NC3CC3)c2)cc1. The molecule has 2 N–H and O–H groups in total. The van der Waals surface area contributed by atoms with Gasteiger partial charge in [0.15, 0.2) is 0 Å². The molecule has 1 heterocycles. The number of benzene rings is 1. The topological polar surface area (TPSA) is 80.3 Å². The van der Waals surface area contributed by atoms with Crippen LogP contribution >= 0.6 is 0 Å². The van der Waals surface area contributed by atoms with Gasteiger partial charge in [0.1, 0.15) is 11.4 Å². The minimum absolute atomic E-state index is 0.242. The predicted molar refractivity (Wildman–Crippen MR) is 90.3 cm³/mol. The summed E-state index contributed by atoms with van der Waals surface area (Å²) in [5.41, 5.74) is 1.30. The molecule has 2 amide bonds. The Hall–Kier alpha value is -2.89. The summed E-state index contributed by atoms with van der Waals surface area (Å²) in [6.07, 6.45) is 3.47. The van der Waals surface area contributed by atoms with E-state index in [9.17, 15) is 9.59 Å². The largest absolute Gasteiger partial charge is 0.494 e. The highest BCUT2D eigenvalue weighted by Crippen LogP contribution is 2.19. The molecule has 1 aliphatic carbocycles. The van der Waals surface area contributed by atoms with Crippen molar-refractivity contribution < 1.29 is 14.3 Å². The fraction of sp³-hybridized carbons (Fsp3) is 0.278. The number of pyridine rings is 1. The van der Waals surface area contributed by atoms with E-state index < -0.39 is 0 Å². The Morgan fingerprint density at radius 3 is 2.58 bits per heavy atom. The lowest BCUT2D eigenvalue weighted by molar-refractivity contribution is 0.0946. The average Bonchev–Trinajstić information content (AvgIpc) is 3.41. The van der Waals surface area contributed by atoms with E-state index in [4.69, 9.17) is 4.74 Å². The Kier molecular flexibility index (Phi) is 4.74. The summed E-state index contributed by atoms with van der Waals surface area (Å²) in [5.74, 6) is 0.216. The lowest BCUT2D eigenvalue weighted by atomic mass is 10.2. The highest BCUT2D eigenvalue weighted by atomic mass is 16.5. The molecule has 1 aromatic carbocycles. The van der Waals surface area contributed by atoms with E-state index in [1.54, 1.807) is 30.3 Å². The fourth-order valence-electron chi connectivity index (χ4n) is 2.19. The Bertz CT molecular complexity index is 739. The minimum Gasteiger partial charge on any atom is -0.494 e. The zero-order valence-electron chi connectivity index (χ0n) is 13.4. The first-order valence-corrected chi connectivity index (χ1v) is 7.97. The first-order chi connectivity index (χ1) is 11.7. The maximum Gasteiger partial charge on any atom is 0.270 e. The fourth-order valence-corrected chi connectivity index (χ4v) is 2.19. The van der Waals surface area contributed by atoms with Crippen molar-refractivity contribution in [3.05, 3.63) is 53.9 Å². The van der Waals surface area contributed by atoms with Gasteiger partial charge in [-0.05, 0) is 56.2 Å². The molecule has 3 rings (SSSR count). The van der Waals surface area contributed by atoms with Gasteiger partial charge >= 0.3 is 0 Å². The van der Waals surface area contributed by atoms with Gasteiger partial charge in [-0.25, -0.2) is 0 Å². The summed E-state index contributed by atoms with van der Waals surface area (Å²) < 4.78 is 5.36. The average molecular weight is 325 g/mol. The molecule has 0 aliphatic heterocycles. The molecule has 2 aromatic rings. The Labute approximate surface area is 140 Å². The summed E-state index contributed by atoms with van der Waals surface area (Å²) >= 11 is 0. The van der Waals surface area contributed by atoms with Crippen LogP contribution in [-0.4, -0.2) is 29.4 Å². The Morgan fingerprint density at radius 2 is 1.92 bits per heavy atom. The number of nitrogens with one attached hydrogen (secondary N) is 2. The predicted octanol–water partition coefficient (Wildman–Crippen LogP) is 2.62. The Balaban J connectivity index is 1.66. The monoisotopic (exact) mass is 325 g/mol. The van der Waals surface area contributed by atoms with Crippen LogP contribution in [0.4, 0.5) is 5.69 Å². The van der Waals surface area contributed by atoms with Crippen molar-refractivity contribution in [1.29, 1.82) is 0 Å². The van der Waals surface area contributed by atoms with Crippen LogP contribution in [0.15, 0.2) is 42.6 Å². The maximum absolute atomic E-state index is 12.3. The maximum atomic E-state index is 12.3. The van der Waals surface area contributed by atoms with Crippen LogP contribution < -0.4 is 15.4 Å². The first kappa shape index (κ1) is 16.0. The molecule has 1 aromatic heterocycles. The number of hydrogen-bond acceptors (Lipinski definition) is 4. The highest BCUT2D eigenvalue weighted by molar-refractivity contribution is 6.05. The highest BCUT2D eigenvalue weighted by Gasteiger charge is 2.24. The van der Waals surface area contributed by atoms with E-state index in [1.807, 2.05) is 6.92 Å². The van der Waals surface area contributed by atoms with Gasteiger partial charge in [0.25, 0.3) is 11.8 Å². The second-order valence-electron chi connectivity index (χ2n) is 5.59. The van der Waals surface area contributed by atoms with Crippen LogP contribution in [0.2, 0.25) is 0 Å². The second-order valence-corrected chi connectivity index (χ2v) is 5.59. The third-order valence-electron chi connectivity index (χ3n) is 3.59. The molecule has 24 heavy (non-hydrogen) atoms. The van der Waals surface area contributed by atoms with Gasteiger partial charge in [-0.1, -0.05) is 0 Å². The minimum atomic E-state index is -0.290. The Morgan fingerprint density at radius 1 is 1.17 bits per heavy atom. The second kappa shape index (κ2) is 7.12. The lowest BCUT2D eigenvalue weighted by Crippen LogP contribution is -2.26. The number of anilines is 1. The molecule has 0 bridgehead atoms. The standard InChI is InChI=1S/C18H19N3O3/c1-2-24-15-7-5-14(6-8-15)20-17(22)12-9-10-19-16(11-12)18(23)21-13-3-4-13/h5-11,13H,2-4H2,1H3,(H,20,22)(H,21,23). The smallest absolute Gasteiger partial charge is 0.270 e. The molecule has 6 nitrogen and oxygen atoms in total. The number of nitrogens with zero attached hydrogens (tertiary/aromatic N) is 1. The van der Waals surface area contributed by atoms with Crippen LogP contribution in [0.1, 0.15) is 40.6 Å². The molecule has 1 fully saturated rings. The number of carbonyl (C=O) groups excluding carboxylic acids is 2. The van der Waals surface area contributed by atoms with Crippen molar-refractivity contribution in [1.82, 2.24) is 10.3 Å². The van der Waals surface area contributed by atoms with Crippen LogP contribution in [-0.2, 0) is 0 Å². The summed E-state index contributed by atoms with van der Waals surface area (Å²) in [7, 11) is 0. The van der Waals surface area contributed by atoms with Crippen LogP contribution in [0.5, 0.6) is 5.75 Å². The van der Waals surface area contributed by atoms with Gasteiger partial charge in [0.05, 0.1) is 6.61 Å². The van der Waals surface area contributed by atoms with Crippen molar-refractivity contribution in [2.24, 2.45) is 0 Å². The molecule has 0 spiro atoms. The molecular formula is C18H19N3O3. The van der Waals surface area contributed by atoms with E-state index in [2.05, 4.69) is 15.6 Å².